The van der Waals surface area contributed by atoms with Gasteiger partial charge in [0.1, 0.15) is 5.76 Å². The third-order valence-corrected chi connectivity index (χ3v) is 2.62. The molecule has 1 aliphatic rings. The molecule has 5 heteroatoms. The second kappa shape index (κ2) is 4.27. The second-order valence-corrected chi connectivity index (χ2v) is 4.48. The van der Waals surface area contributed by atoms with E-state index in [0.29, 0.717) is 12.3 Å². The molecule has 0 bridgehead atoms. The third-order valence-electron chi connectivity index (χ3n) is 2.62. The Morgan fingerprint density at radius 2 is 2.31 bits per heavy atom. The van der Waals surface area contributed by atoms with Crippen LogP contribution in [0, 0.1) is 5.41 Å². The summed E-state index contributed by atoms with van der Waals surface area (Å²) in [5, 5.41) is 11.9. The SMILES string of the molecule is CC1(CNCc2ccc(C(=O)O)o2)COC1. The van der Waals surface area contributed by atoms with Crippen molar-refractivity contribution in [2.75, 3.05) is 19.8 Å². The van der Waals surface area contributed by atoms with Gasteiger partial charge in [-0.05, 0) is 12.1 Å². The predicted octanol–water partition coefficient (Wildman–Crippen LogP) is 1.10. The van der Waals surface area contributed by atoms with Crippen LogP contribution in [0.5, 0.6) is 0 Å². The Morgan fingerprint density at radius 3 is 2.81 bits per heavy atom. The Labute approximate surface area is 93.4 Å². The zero-order valence-electron chi connectivity index (χ0n) is 9.16. The predicted molar refractivity (Wildman–Crippen MR) is 56.3 cm³/mol. The van der Waals surface area contributed by atoms with Gasteiger partial charge in [0.05, 0.1) is 19.8 Å². The molecule has 0 aliphatic carbocycles. The van der Waals surface area contributed by atoms with Crippen LogP contribution in [-0.2, 0) is 11.3 Å². The Hall–Kier alpha value is -1.33. The van der Waals surface area contributed by atoms with Gasteiger partial charge in [-0.2, -0.15) is 0 Å². The number of furan rings is 1. The smallest absolute Gasteiger partial charge is 0.371 e. The summed E-state index contributed by atoms with van der Waals surface area (Å²) < 4.78 is 10.3. The van der Waals surface area contributed by atoms with Gasteiger partial charge in [-0.3, -0.25) is 0 Å². The summed E-state index contributed by atoms with van der Waals surface area (Å²) in [6, 6.07) is 3.14. The van der Waals surface area contributed by atoms with Crippen LogP contribution in [0.25, 0.3) is 0 Å². The van der Waals surface area contributed by atoms with E-state index in [9.17, 15) is 4.79 Å². The maximum atomic E-state index is 10.6. The van der Waals surface area contributed by atoms with E-state index in [0.717, 1.165) is 19.8 Å². The first kappa shape index (κ1) is 11.2. The fourth-order valence-electron chi connectivity index (χ4n) is 1.63. The quantitative estimate of drug-likeness (QED) is 0.785. The normalized spacial score (nSPS) is 18.1. The highest BCUT2D eigenvalue weighted by Gasteiger charge is 2.32. The standard InChI is InChI=1S/C11H15NO4/c1-11(6-15-7-11)5-12-4-8-2-3-9(16-8)10(13)14/h2-3,12H,4-7H2,1H3,(H,13,14). The molecular formula is C11H15NO4. The van der Waals surface area contributed by atoms with E-state index < -0.39 is 5.97 Å². The van der Waals surface area contributed by atoms with E-state index >= 15 is 0 Å². The van der Waals surface area contributed by atoms with Crippen molar-refractivity contribution in [1.82, 2.24) is 5.32 Å². The number of hydrogen-bond acceptors (Lipinski definition) is 4. The molecule has 2 heterocycles. The molecule has 0 atom stereocenters. The number of hydrogen-bond donors (Lipinski definition) is 2. The highest BCUT2D eigenvalue weighted by Crippen LogP contribution is 2.25. The molecule has 5 nitrogen and oxygen atoms in total. The average molecular weight is 225 g/mol. The van der Waals surface area contributed by atoms with Gasteiger partial charge in [0, 0.05) is 12.0 Å². The Morgan fingerprint density at radius 1 is 1.56 bits per heavy atom. The molecule has 16 heavy (non-hydrogen) atoms. The fourth-order valence-corrected chi connectivity index (χ4v) is 1.63. The van der Waals surface area contributed by atoms with Crippen LogP contribution in [0.1, 0.15) is 23.2 Å². The van der Waals surface area contributed by atoms with Crippen LogP contribution < -0.4 is 5.32 Å². The van der Waals surface area contributed by atoms with Gasteiger partial charge in [-0.1, -0.05) is 6.92 Å². The Bertz CT molecular complexity index is 381. The molecule has 0 saturated carbocycles. The van der Waals surface area contributed by atoms with E-state index in [1.54, 1.807) is 6.07 Å². The molecule has 1 aromatic rings. The van der Waals surface area contributed by atoms with Crippen LogP contribution >= 0.6 is 0 Å². The molecule has 1 fully saturated rings. The number of nitrogens with one attached hydrogen (secondary N) is 1. The number of carboxylic acids is 1. The maximum absolute atomic E-state index is 10.6. The number of ether oxygens (including phenoxy) is 1. The molecule has 1 aromatic heterocycles. The van der Waals surface area contributed by atoms with Gasteiger partial charge in [0.25, 0.3) is 0 Å². The first-order valence-corrected chi connectivity index (χ1v) is 5.20. The van der Waals surface area contributed by atoms with Crippen molar-refractivity contribution in [3.05, 3.63) is 23.7 Å². The Balaban J connectivity index is 1.78. The molecule has 2 rings (SSSR count). The number of carboxylic acid groups (broad SMARTS) is 1. The van der Waals surface area contributed by atoms with Gasteiger partial charge in [0.15, 0.2) is 0 Å². The zero-order valence-corrected chi connectivity index (χ0v) is 9.16. The first-order valence-electron chi connectivity index (χ1n) is 5.20. The first-order chi connectivity index (χ1) is 7.59. The molecule has 1 saturated heterocycles. The van der Waals surface area contributed by atoms with E-state index in [1.165, 1.54) is 6.07 Å². The summed E-state index contributed by atoms with van der Waals surface area (Å²) in [6.07, 6.45) is 0. The minimum Gasteiger partial charge on any atom is -0.475 e. The van der Waals surface area contributed by atoms with Crippen LogP contribution in [0.15, 0.2) is 16.5 Å². The highest BCUT2D eigenvalue weighted by molar-refractivity contribution is 5.84. The number of carbonyl (C=O) groups is 1. The van der Waals surface area contributed by atoms with Crippen molar-refractivity contribution in [2.45, 2.75) is 13.5 Å². The lowest BCUT2D eigenvalue weighted by Gasteiger charge is -2.38. The lowest BCUT2D eigenvalue weighted by atomic mass is 9.89. The third kappa shape index (κ3) is 2.43. The van der Waals surface area contributed by atoms with Gasteiger partial charge < -0.3 is 19.6 Å². The van der Waals surface area contributed by atoms with Gasteiger partial charge in [-0.15, -0.1) is 0 Å². The molecule has 1 aliphatic heterocycles. The van der Waals surface area contributed by atoms with Crippen molar-refractivity contribution in [3.8, 4) is 0 Å². The molecule has 2 N–H and O–H groups in total. The molecule has 0 spiro atoms. The largest absolute Gasteiger partial charge is 0.475 e. The number of rotatable bonds is 5. The van der Waals surface area contributed by atoms with Crippen molar-refractivity contribution >= 4 is 5.97 Å². The van der Waals surface area contributed by atoms with Crippen LogP contribution in [0.2, 0.25) is 0 Å². The van der Waals surface area contributed by atoms with Crippen molar-refractivity contribution < 1.29 is 19.1 Å². The van der Waals surface area contributed by atoms with E-state index in [2.05, 4.69) is 12.2 Å². The van der Waals surface area contributed by atoms with Crippen molar-refractivity contribution in [3.63, 3.8) is 0 Å². The molecule has 0 amide bonds. The van der Waals surface area contributed by atoms with Crippen LogP contribution in [-0.4, -0.2) is 30.8 Å². The second-order valence-electron chi connectivity index (χ2n) is 4.48. The summed E-state index contributed by atoms with van der Waals surface area (Å²) in [4.78, 5) is 10.6. The average Bonchev–Trinajstić information content (AvgIpc) is 2.64. The summed E-state index contributed by atoms with van der Waals surface area (Å²) >= 11 is 0. The summed E-state index contributed by atoms with van der Waals surface area (Å²) in [5.74, 6) is -0.415. The molecule has 0 unspecified atom stereocenters. The monoisotopic (exact) mass is 225 g/mol. The van der Waals surface area contributed by atoms with E-state index in [1.807, 2.05) is 0 Å². The molecule has 88 valence electrons. The Kier molecular flexibility index (Phi) is 2.98. The minimum atomic E-state index is -1.04. The lowest BCUT2D eigenvalue weighted by molar-refractivity contribution is -0.0992. The molecular weight excluding hydrogens is 210 g/mol. The van der Waals surface area contributed by atoms with Crippen molar-refractivity contribution in [1.29, 1.82) is 0 Å². The summed E-state index contributed by atoms with van der Waals surface area (Å²) in [7, 11) is 0. The fraction of sp³-hybridized carbons (Fsp3) is 0.545. The highest BCUT2D eigenvalue weighted by atomic mass is 16.5. The van der Waals surface area contributed by atoms with E-state index in [4.69, 9.17) is 14.3 Å². The lowest BCUT2D eigenvalue weighted by Crippen LogP contribution is -2.47. The maximum Gasteiger partial charge on any atom is 0.371 e. The van der Waals surface area contributed by atoms with Gasteiger partial charge in [0.2, 0.25) is 5.76 Å². The summed E-state index contributed by atoms with van der Waals surface area (Å²) in [6.45, 7) is 5.09. The van der Waals surface area contributed by atoms with Crippen LogP contribution in [0.3, 0.4) is 0 Å². The zero-order chi connectivity index (χ0) is 11.6. The van der Waals surface area contributed by atoms with Gasteiger partial charge in [-0.25, -0.2) is 4.79 Å². The minimum absolute atomic E-state index is 0.0185. The van der Waals surface area contributed by atoms with Gasteiger partial charge >= 0.3 is 5.97 Å². The van der Waals surface area contributed by atoms with Crippen molar-refractivity contribution in [2.24, 2.45) is 5.41 Å². The molecule has 0 aromatic carbocycles. The summed E-state index contributed by atoms with van der Waals surface area (Å²) in [5.41, 5.74) is 0.211. The topological polar surface area (TPSA) is 71.7 Å². The number of aromatic carboxylic acids is 1. The molecule has 0 radical (unpaired) electrons. The van der Waals surface area contributed by atoms with Crippen LogP contribution in [0.4, 0.5) is 0 Å². The van der Waals surface area contributed by atoms with E-state index in [-0.39, 0.29) is 11.2 Å².